The second kappa shape index (κ2) is 8.13. The fourth-order valence-corrected chi connectivity index (χ4v) is 2.95. The summed E-state index contributed by atoms with van der Waals surface area (Å²) in [5.74, 6) is -1.41. The number of hydrogen-bond donors (Lipinski definition) is 3. The van der Waals surface area contributed by atoms with E-state index in [2.05, 4.69) is 10.6 Å². The van der Waals surface area contributed by atoms with E-state index < -0.39 is 29.9 Å². The van der Waals surface area contributed by atoms with Crippen LogP contribution in [-0.2, 0) is 11.3 Å². The number of carbonyl (C=O) groups excluding carboxylic acids is 2. The highest BCUT2D eigenvalue weighted by atomic mass is 19.1. The summed E-state index contributed by atoms with van der Waals surface area (Å²) < 4.78 is 26.6. The maximum atomic E-state index is 13.7. The van der Waals surface area contributed by atoms with E-state index in [4.69, 9.17) is 0 Å². The number of rotatable bonds is 4. The minimum Gasteiger partial charge on any atom is -0.391 e. The number of β-amino-alcohol motifs (C(OH)–C–C–N with tert-alkyl or cyclic N) is 1. The highest BCUT2D eigenvalue weighted by Crippen LogP contribution is 2.21. The van der Waals surface area contributed by atoms with Gasteiger partial charge in [0, 0.05) is 19.5 Å². The summed E-state index contributed by atoms with van der Waals surface area (Å²) in [4.78, 5) is 26.1. The zero-order chi connectivity index (χ0) is 19.4. The van der Waals surface area contributed by atoms with Crippen LogP contribution in [0.25, 0.3) is 0 Å². The van der Waals surface area contributed by atoms with Crippen molar-refractivity contribution in [1.29, 1.82) is 0 Å². The number of benzene rings is 2. The first-order valence-electron chi connectivity index (χ1n) is 8.46. The highest BCUT2D eigenvalue weighted by Gasteiger charge is 2.39. The molecule has 3 amide bonds. The summed E-state index contributed by atoms with van der Waals surface area (Å²) >= 11 is 0. The Balaban J connectivity index is 1.64. The van der Waals surface area contributed by atoms with Crippen molar-refractivity contribution in [2.24, 2.45) is 0 Å². The molecular weight excluding hydrogens is 356 g/mol. The fraction of sp³-hybridized carbons (Fsp3) is 0.263. The summed E-state index contributed by atoms with van der Waals surface area (Å²) in [5.41, 5.74) is 0.694. The number of likely N-dealkylation sites (tertiary alicyclic amines) is 1. The molecule has 0 radical (unpaired) electrons. The van der Waals surface area contributed by atoms with Crippen LogP contribution in [0.3, 0.4) is 0 Å². The number of nitrogens with zero attached hydrogens (tertiary/aromatic N) is 1. The van der Waals surface area contributed by atoms with Crippen LogP contribution < -0.4 is 10.6 Å². The Labute approximate surface area is 154 Å². The van der Waals surface area contributed by atoms with E-state index in [-0.39, 0.29) is 31.0 Å². The van der Waals surface area contributed by atoms with Crippen LogP contribution in [0.5, 0.6) is 0 Å². The summed E-state index contributed by atoms with van der Waals surface area (Å²) in [7, 11) is 0. The topological polar surface area (TPSA) is 81.7 Å². The van der Waals surface area contributed by atoms with Crippen molar-refractivity contribution in [1.82, 2.24) is 10.2 Å². The van der Waals surface area contributed by atoms with Crippen molar-refractivity contribution in [2.45, 2.75) is 25.1 Å². The summed E-state index contributed by atoms with van der Waals surface area (Å²) in [5, 5.41) is 15.0. The van der Waals surface area contributed by atoms with Crippen LogP contribution in [0.1, 0.15) is 12.0 Å². The van der Waals surface area contributed by atoms with Crippen LogP contribution in [0.2, 0.25) is 0 Å². The Morgan fingerprint density at radius 3 is 2.52 bits per heavy atom. The van der Waals surface area contributed by atoms with Crippen LogP contribution >= 0.6 is 0 Å². The molecule has 0 saturated carbocycles. The molecule has 1 saturated heterocycles. The Hall–Kier alpha value is -3.00. The molecule has 6 nitrogen and oxygen atoms in total. The van der Waals surface area contributed by atoms with Gasteiger partial charge in [-0.05, 0) is 29.8 Å². The van der Waals surface area contributed by atoms with E-state index in [0.717, 1.165) is 0 Å². The number of aliphatic hydroxyl groups excluding tert-OH is 1. The van der Waals surface area contributed by atoms with Crippen molar-refractivity contribution in [3.05, 3.63) is 65.7 Å². The molecule has 0 spiro atoms. The zero-order valence-electron chi connectivity index (χ0n) is 14.4. The smallest absolute Gasteiger partial charge is 0.322 e. The van der Waals surface area contributed by atoms with Crippen molar-refractivity contribution < 1.29 is 23.5 Å². The van der Waals surface area contributed by atoms with Gasteiger partial charge in [-0.2, -0.15) is 0 Å². The number of hydrogen-bond acceptors (Lipinski definition) is 3. The monoisotopic (exact) mass is 375 g/mol. The second-order valence-electron chi connectivity index (χ2n) is 6.31. The maximum absolute atomic E-state index is 13.7. The Morgan fingerprint density at radius 1 is 1.11 bits per heavy atom. The molecule has 2 aromatic carbocycles. The first-order chi connectivity index (χ1) is 12.9. The average Bonchev–Trinajstić information content (AvgIpc) is 3.05. The van der Waals surface area contributed by atoms with E-state index >= 15 is 0 Å². The molecular formula is C19H19F2N3O3. The predicted molar refractivity (Wildman–Crippen MR) is 94.8 cm³/mol. The van der Waals surface area contributed by atoms with E-state index in [0.29, 0.717) is 5.56 Å². The van der Waals surface area contributed by atoms with Gasteiger partial charge >= 0.3 is 6.03 Å². The first kappa shape index (κ1) is 18.8. The van der Waals surface area contributed by atoms with Gasteiger partial charge in [-0.15, -0.1) is 0 Å². The Bertz CT molecular complexity index is 829. The molecule has 0 unspecified atom stereocenters. The van der Waals surface area contributed by atoms with E-state index in [1.165, 1.54) is 35.2 Å². The molecule has 142 valence electrons. The SMILES string of the molecule is O=C(NCc1ccc(F)cc1)[C@H]1C[C@@H](O)CN1C(=O)Nc1ccccc1F. The van der Waals surface area contributed by atoms with Gasteiger partial charge in [0.15, 0.2) is 0 Å². The van der Waals surface area contributed by atoms with Crippen molar-refractivity contribution in [3.8, 4) is 0 Å². The third kappa shape index (κ3) is 4.59. The number of aliphatic hydroxyl groups is 1. The van der Waals surface area contributed by atoms with Gasteiger partial charge in [0.05, 0.1) is 11.8 Å². The van der Waals surface area contributed by atoms with Crippen molar-refractivity contribution in [3.63, 3.8) is 0 Å². The first-order valence-corrected chi connectivity index (χ1v) is 8.46. The molecule has 0 aromatic heterocycles. The third-order valence-electron chi connectivity index (χ3n) is 4.34. The lowest BCUT2D eigenvalue weighted by atomic mass is 10.1. The minimum absolute atomic E-state index is 0.00522. The van der Waals surface area contributed by atoms with E-state index in [1.54, 1.807) is 18.2 Å². The summed E-state index contributed by atoms with van der Waals surface area (Å²) in [6, 6.07) is 9.80. The molecule has 3 rings (SSSR count). The average molecular weight is 375 g/mol. The number of nitrogens with one attached hydrogen (secondary N) is 2. The van der Waals surface area contributed by atoms with Gasteiger partial charge in [-0.25, -0.2) is 13.6 Å². The van der Waals surface area contributed by atoms with Gasteiger partial charge in [0.1, 0.15) is 17.7 Å². The molecule has 27 heavy (non-hydrogen) atoms. The quantitative estimate of drug-likeness (QED) is 0.767. The Kier molecular flexibility index (Phi) is 5.66. The molecule has 0 bridgehead atoms. The van der Waals surface area contributed by atoms with Crippen molar-refractivity contribution >= 4 is 17.6 Å². The Morgan fingerprint density at radius 2 is 1.81 bits per heavy atom. The van der Waals surface area contributed by atoms with Crippen LogP contribution in [-0.4, -0.2) is 40.6 Å². The van der Waals surface area contributed by atoms with E-state index in [9.17, 15) is 23.5 Å². The molecule has 1 aliphatic rings. The van der Waals surface area contributed by atoms with Crippen molar-refractivity contribution in [2.75, 3.05) is 11.9 Å². The van der Waals surface area contributed by atoms with Crippen LogP contribution in [0.4, 0.5) is 19.3 Å². The molecule has 1 aliphatic heterocycles. The number of amides is 3. The van der Waals surface area contributed by atoms with Gasteiger partial charge in [-0.1, -0.05) is 24.3 Å². The minimum atomic E-state index is -0.882. The van der Waals surface area contributed by atoms with Crippen LogP contribution in [0.15, 0.2) is 48.5 Å². The van der Waals surface area contributed by atoms with Gasteiger partial charge < -0.3 is 20.6 Å². The lowest BCUT2D eigenvalue weighted by molar-refractivity contribution is -0.124. The second-order valence-corrected chi connectivity index (χ2v) is 6.31. The summed E-state index contributed by atoms with van der Waals surface area (Å²) in [6.45, 7) is 0.128. The molecule has 1 heterocycles. The molecule has 2 atom stereocenters. The third-order valence-corrected chi connectivity index (χ3v) is 4.34. The largest absolute Gasteiger partial charge is 0.391 e. The highest BCUT2D eigenvalue weighted by molar-refractivity contribution is 5.94. The zero-order valence-corrected chi connectivity index (χ0v) is 14.4. The maximum Gasteiger partial charge on any atom is 0.322 e. The standard InChI is InChI=1S/C19H19F2N3O3/c20-13-7-5-12(6-8-13)10-22-18(26)17-9-14(25)11-24(17)19(27)23-16-4-2-1-3-15(16)21/h1-8,14,17,25H,9-11H2,(H,22,26)(H,23,27)/t14-,17-/m1/s1. The predicted octanol–water partition coefficient (Wildman–Crippen LogP) is 2.25. The van der Waals surface area contributed by atoms with Crippen LogP contribution in [0, 0.1) is 11.6 Å². The molecule has 1 fully saturated rings. The number of para-hydroxylation sites is 1. The normalized spacial score (nSPS) is 19.0. The summed E-state index contributed by atoms with van der Waals surface area (Å²) in [6.07, 6.45) is -0.766. The van der Waals surface area contributed by atoms with Gasteiger partial charge in [0.25, 0.3) is 0 Å². The molecule has 3 N–H and O–H groups in total. The number of anilines is 1. The number of urea groups is 1. The number of halogens is 2. The molecule has 2 aromatic rings. The fourth-order valence-electron chi connectivity index (χ4n) is 2.95. The van der Waals surface area contributed by atoms with Gasteiger partial charge in [-0.3, -0.25) is 4.79 Å². The lowest BCUT2D eigenvalue weighted by Crippen LogP contribution is -2.47. The number of carbonyl (C=O) groups is 2. The molecule has 0 aliphatic carbocycles. The lowest BCUT2D eigenvalue weighted by Gasteiger charge is -2.24. The van der Waals surface area contributed by atoms with Gasteiger partial charge in [0.2, 0.25) is 5.91 Å². The van der Waals surface area contributed by atoms with E-state index in [1.807, 2.05) is 0 Å². The molecule has 8 heteroatoms.